The zero-order valence-electron chi connectivity index (χ0n) is 11.9. The summed E-state index contributed by atoms with van der Waals surface area (Å²) in [7, 11) is 0. The Hall–Kier alpha value is -1.06. The summed E-state index contributed by atoms with van der Waals surface area (Å²) in [6.07, 6.45) is 4.81. The van der Waals surface area contributed by atoms with Crippen molar-refractivity contribution in [1.29, 1.82) is 0 Å². The lowest BCUT2D eigenvalue weighted by molar-refractivity contribution is 0.0879. The van der Waals surface area contributed by atoms with Gasteiger partial charge in [0.25, 0.3) is 0 Å². The molecule has 0 aliphatic carbocycles. The van der Waals surface area contributed by atoms with Crippen LogP contribution in [0, 0.1) is 5.92 Å². The molecule has 2 rings (SSSR count). The summed E-state index contributed by atoms with van der Waals surface area (Å²) in [4.78, 5) is 2.38. The highest BCUT2D eigenvalue weighted by Gasteiger charge is 2.20. The van der Waals surface area contributed by atoms with E-state index in [0.29, 0.717) is 0 Å². The van der Waals surface area contributed by atoms with Crippen molar-refractivity contribution in [3.63, 3.8) is 0 Å². The molecule has 19 heavy (non-hydrogen) atoms. The Morgan fingerprint density at radius 1 is 1.26 bits per heavy atom. The van der Waals surface area contributed by atoms with E-state index in [9.17, 15) is 5.11 Å². The van der Waals surface area contributed by atoms with Gasteiger partial charge < -0.3 is 15.7 Å². The summed E-state index contributed by atoms with van der Waals surface area (Å²) >= 11 is 0. The molecule has 3 heteroatoms. The van der Waals surface area contributed by atoms with E-state index in [-0.39, 0.29) is 0 Å². The molecule has 0 radical (unpaired) electrons. The Kier molecular flexibility index (Phi) is 5.23. The van der Waals surface area contributed by atoms with Crippen LogP contribution in [0.4, 0.5) is 5.69 Å². The highest BCUT2D eigenvalue weighted by molar-refractivity contribution is 5.39. The Morgan fingerprint density at radius 3 is 2.47 bits per heavy atom. The smallest absolute Gasteiger partial charge is 0.0916 e. The fourth-order valence-corrected chi connectivity index (χ4v) is 2.93. The lowest BCUT2D eigenvalue weighted by Crippen LogP contribution is -2.36. The fraction of sp³-hybridized carbons (Fsp3) is 0.625. The number of nitrogen functional groups attached to an aromatic ring is 1. The van der Waals surface area contributed by atoms with Crippen LogP contribution in [0.1, 0.15) is 44.3 Å². The zero-order chi connectivity index (χ0) is 13.7. The van der Waals surface area contributed by atoms with Crippen LogP contribution in [0.25, 0.3) is 0 Å². The molecule has 1 aromatic rings. The minimum Gasteiger partial charge on any atom is -0.399 e. The van der Waals surface area contributed by atoms with E-state index in [4.69, 9.17) is 5.73 Å². The number of benzene rings is 1. The lowest BCUT2D eigenvalue weighted by Gasteiger charge is -2.33. The van der Waals surface area contributed by atoms with E-state index in [1.54, 1.807) is 0 Å². The molecular formula is C16H26N2O. The standard InChI is InChI=1S/C16H26N2O/c1-2-3-13-8-10-18(11-9-13)12-16(19)14-4-6-15(17)7-5-14/h4-7,13,16,19H,2-3,8-12,17H2,1H3. The molecule has 0 saturated carbocycles. The van der Waals surface area contributed by atoms with Crippen molar-refractivity contribution in [2.24, 2.45) is 5.92 Å². The van der Waals surface area contributed by atoms with Gasteiger partial charge in [-0.15, -0.1) is 0 Å². The second kappa shape index (κ2) is 6.92. The molecule has 1 fully saturated rings. The van der Waals surface area contributed by atoms with Crippen LogP contribution < -0.4 is 5.73 Å². The van der Waals surface area contributed by atoms with Gasteiger partial charge in [0.05, 0.1) is 6.10 Å². The second-order valence-corrected chi connectivity index (χ2v) is 5.72. The molecule has 1 saturated heterocycles. The number of rotatable bonds is 5. The molecular weight excluding hydrogens is 236 g/mol. The molecule has 0 aromatic heterocycles. The number of hydrogen-bond acceptors (Lipinski definition) is 3. The predicted molar refractivity (Wildman–Crippen MR) is 79.9 cm³/mol. The number of nitrogens with zero attached hydrogens (tertiary/aromatic N) is 1. The van der Waals surface area contributed by atoms with Crippen LogP contribution in [-0.2, 0) is 0 Å². The largest absolute Gasteiger partial charge is 0.399 e. The Morgan fingerprint density at radius 2 is 1.89 bits per heavy atom. The molecule has 0 spiro atoms. The number of nitrogens with two attached hydrogens (primary N) is 1. The molecule has 1 aliphatic rings. The van der Waals surface area contributed by atoms with Gasteiger partial charge in [-0.2, -0.15) is 0 Å². The highest BCUT2D eigenvalue weighted by Crippen LogP contribution is 2.24. The van der Waals surface area contributed by atoms with Gasteiger partial charge in [0.15, 0.2) is 0 Å². The van der Waals surface area contributed by atoms with Crippen molar-refractivity contribution in [3.05, 3.63) is 29.8 Å². The normalized spacial score (nSPS) is 19.5. The summed E-state index contributed by atoms with van der Waals surface area (Å²) in [5.41, 5.74) is 7.37. The van der Waals surface area contributed by atoms with Crippen molar-refractivity contribution in [3.8, 4) is 0 Å². The van der Waals surface area contributed by atoms with Gasteiger partial charge in [-0.25, -0.2) is 0 Å². The number of aliphatic hydroxyl groups excluding tert-OH is 1. The third kappa shape index (κ3) is 4.22. The van der Waals surface area contributed by atoms with Gasteiger partial charge in [-0.05, 0) is 49.5 Å². The quantitative estimate of drug-likeness (QED) is 0.802. The van der Waals surface area contributed by atoms with E-state index in [2.05, 4.69) is 11.8 Å². The van der Waals surface area contributed by atoms with Crippen molar-refractivity contribution in [2.45, 2.75) is 38.7 Å². The monoisotopic (exact) mass is 262 g/mol. The average Bonchev–Trinajstić information content (AvgIpc) is 2.42. The first-order valence-electron chi connectivity index (χ1n) is 7.45. The van der Waals surface area contributed by atoms with E-state index in [1.807, 2.05) is 24.3 Å². The maximum atomic E-state index is 10.3. The summed E-state index contributed by atoms with van der Waals surface area (Å²) in [5.74, 6) is 0.898. The first kappa shape index (κ1) is 14.4. The van der Waals surface area contributed by atoms with Crippen LogP contribution in [0.3, 0.4) is 0 Å². The van der Waals surface area contributed by atoms with E-state index >= 15 is 0 Å². The maximum Gasteiger partial charge on any atom is 0.0916 e. The van der Waals surface area contributed by atoms with Crippen molar-refractivity contribution < 1.29 is 5.11 Å². The first-order chi connectivity index (χ1) is 9.19. The molecule has 1 heterocycles. The molecule has 3 nitrogen and oxygen atoms in total. The Labute approximate surface area is 116 Å². The van der Waals surface area contributed by atoms with Crippen LogP contribution in [0.5, 0.6) is 0 Å². The van der Waals surface area contributed by atoms with Crippen LogP contribution in [0.2, 0.25) is 0 Å². The van der Waals surface area contributed by atoms with Gasteiger partial charge in [-0.1, -0.05) is 31.9 Å². The average molecular weight is 262 g/mol. The predicted octanol–water partition coefficient (Wildman–Crippen LogP) is 2.81. The number of likely N-dealkylation sites (tertiary alicyclic amines) is 1. The summed E-state index contributed by atoms with van der Waals surface area (Å²) in [6.45, 7) is 5.24. The molecule has 1 unspecified atom stereocenters. The number of hydrogen-bond donors (Lipinski definition) is 2. The van der Waals surface area contributed by atoms with E-state index in [1.165, 1.54) is 25.7 Å². The number of aliphatic hydroxyl groups is 1. The third-order valence-corrected chi connectivity index (χ3v) is 4.16. The fourth-order valence-electron chi connectivity index (χ4n) is 2.93. The summed E-state index contributed by atoms with van der Waals surface area (Å²) in [6, 6.07) is 7.55. The highest BCUT2D eigenvalue weighted by atomic mass is 16.3. The summed E-state index contributed by atoms with van der Waals surface area (Å²) < 4.78 is 0. The van der Waals surface area contributed by atoms with Crippen molar-refractivity contribution in [2.75, 3.05) is 25.4 Å². The zero-order valence-corrected chi connectivity index (χ0v) is 11.9. The molecule has 3 N–H and O–H groups in total. The van der Waals surface area contributed by atoms with Crippen molar-refractivity contribution in [1.82, 2.24) is 4.90 Å². The van der Waals surface area contributed by atoms with Crippen LogP contribution >= 0.6 is 0 Å². The second-order valence-electron chi connectivity index (χ2n) is 5.72. The Bertz CT molecular complexity index is 369. The molecule has 106 valence electrons. The topological polar surface area (TPSA) is 49.5 Å². The van der Waals surface area contributed by atoms with Gasteiger partial charge >= 0.3 is 0 Å². The minimum atomic E-state index is -0.400. The van der Waals surface area contributed by atoms with Crippen LogP contribution in [-0.4, -0.2) is 29.6 Å². The number of β-amino-alcohol motifs (C(OH)–C–C–N with tert-alkyl or cyclic N) is 1. The minimum absolute atomic E-state index is 0.400. The van der Waals surface area contributed by atoms with Crippen molar-refractivity contribution >= 4 is 5.69 Å². The SMILES string of the molecule is CCCC1CCN(CC(O)c2ccc(N)cc2)CC1. The summed E-state index contributed by atoms with van der Waals surface area (Å²) in [5, 5.41) is 10.3. The molecule has 0 amide bonds. The molecule has 0 bridgehead atoms. The molecule has 1 aromatic carbocycles. The molecule has 1 aliphatic heterocycles. The van der Waals surface area contributed by atoms with Gasteiger partial charge in [-0.3, -0.25) is 0 Å². The lowest BCUT2D eigenvalue weighted by atomic mass is 9.92. The van der Waals surface area contributed by atoms with E-state index in [0.717, 1.165) is 36.8 Å². The van der Waals surface area contributed by atoms with Gasteiger partial charge in [0, 0.05) is 12.2 Å². The van der Waals surface area contributed by atoms with Gasteiger partial charge in [0.1, 0.15) is 0 Å². The third-order valence-electron chi connectivity index (χ3n) is 4.16. The number of piperidine rings is 1. The van der Waals surface area contributed by atoms with Crippen LogP contribution in [0.15, 0.2) is 24.3 Å². The van der Waals surface area contributed by atoms with Gasteiger partial charge in [0.2, 0.25) is 0 Å². The van der Waals surface area contributed by atoms with E-state index < -0.39 is 6.10 Å². The molecule has 1 atom stereocenters. The maximum absolute atomic E-state index is 10.3. The number of anilines is 1. The first-order valence-corrected chi connectivity index (χ1v) is 7.45. The Balaban J connectivity index is 1.80.